The van der Waals surface area contributed by atoms with Gasteiger partial charge in [0.05, 0.1) is 6.61 Å². The summed E-state index contributed by atoms with van der Waals surface area (Å²) >= 11 is 0. The third-order valence-electron chi connectivity index (χ3n) is 1.65. The van der Waals surface area contributed by atoms with Gasteiger partial charge < -0.3 is 11.3 Å². The summed E-state index contributed by atoms with van der Waals surface area (Å²) in [5, 5.41) is 0. The summed E-state index contributed by atoms with van der Waals surface area (Å²) in [6, 6.07) is 9.12. The van der Waals surface area contributed by atoms with Gasteiger partial charge in [0.15, 0.2) is 0 Å². The van der Waals surface area contributed by atoms with Gasteiger partial charge >= 0.3 is 58.9 Å². The summed E-state index contributed by atoms with van der Waals surface area (Å²) < 4.78 is 58.9. The molecule has 0 unspecified atom stereocenters. The van der Waals surface area contributed by atoms with Crippen molar-refractivity contribution in [1.29, 1.82) is 0 Å². The molecular formula is C11H11BF5KO. The minimum absolute atomic E-state index is 0. The predicted octanol–water partition coefficient (Wildman–Crippen LogP) is 0.711. The van der Waals surface area contributed by atoms with E-state index in [9.17, 15) is 21.7 Å². The van der Waals surface area contributed by atoms with Crippen molar-refractivity contribution >= 4 is 7.54 Å². The zero-order chi connectivity index (χ0) is 14.0. The van der Waals surface area contributed by atoms with Gasteiger partial charge in [0.1, 0.15) is 6.61 Å². The molecule has 0 spiro atoms. The molecule has 1 nitrogen and oxygen atoms in total. The van der Waals surface area contributed by atoms with Crippen molar-refractivity contribution < 1.29 is 77.8 Å². The predicted molar refractivity (Wildman–Crippen MR) is 59.0 cm³/mol. The molecule has 0 N–H and O–H groups in total. The van der Waals surface area contributed by atoms with Crippen LogP contribution in [0.3, 0.4) is 0 Å². The summed E-state index contributed by atoms with van der Waals surface area (Å²) in [5.41, 5.74) is 0.861. The fourth-order valence-corrected chi connectivity index (χ4v) is 0.927. The quantitative estimate of drug-likeness (QED) is 0.442. The number of hydrogen-bond donors (Lipinski definition) is 0. The molecule has 0 amide bonds. The van der Waals surface area contributed by atoms with Gasteiger partial charge in [0.2, 0.25) is 0 Å². The molecule has 8 heteroatoms. The average Bonchev–Trinajstić information content (AvgIpc) is 2.29. The SMILES string of the molecule is FB(F)F.[CH-]=CC(F)(F)COCc1ccccc1.[K+]. The van der Waals surface area contributed by atoms with Gasteiger partial charge in [-0.05, 0) is 5.56 Å². The van der Waals surface area contributed by atoms with Crippen LogP contribution >= 0.6 is 0 Å². The van der Waals surface area contributed by atoms with Crippen molar-refractivity contribution in [2.45, 2.75) is 12.5 Å². The van der Waals surface area contributed by atoms with Crippen molar-refractivity contribution in [2.24, 2.45) is 0 Å². The van der Waals surface area contributed by atoms with Crippen LogP contribution in [0.2, 0.25) is 0 Å². The minimum Gasteiger partial charge on any atom is -0.512 e. The zero-order valence-corrected chi connectivity index (χ0v) is 13.5. The van der Waals surface area contributed by atoms with E-state index >= 15 is 0 Å². The third-order valence-corrected chi connectivity index (χ3v) is 1.65. The van der Waals surface area contributed by atoms with Gasteiger partial charge in [-0.25, -0.2) is 14.9 Å². The van der Waals surface area contributed by atoms with Crippen LogP contribution in [0.5, 0.6) is 0 Å². The van der Waals surface area contributed by atoms with Crippen LogP contribution in [0, 0.1) is 6.58 Å². The molecule has 0 aliphatic heterocycles. The molecule has 0 aliphatic rings. The Labute approximate surface area is 151 Å². The molecule has 0 radical (unpaired) electrons. The fraction of sp³-hybridized carbons (Fsp3) is 0.273. The molecule has 19 heavy (non-hydrogen) atoms. The normalized spacial score (nSPS) is 9.74. The van der Waals surface area contributed by atoms with Crippen molar-refractivity contribution in [2.75, 3.05) is 6.61 Å². The maximum Gasteiger partial charge on any atom is 1.00 e. The first-order valence-corrected chi connectivity index (χ1v) is 4.85. The number of alkyl halides is 2. The zero-order valence-electron chi connectivity index (χ0n) is 10.3. The Bertz CT molecular complexity index is 334. The third kappa shape index (κ3) is 14.5. The summed E-state index contributed by atoms with van der Waals surface area (Å²) in [5.74, 6) is -3.05. The van der Waals surface area contributed by atoms with Crippen LogP contribution in [0.1, 0.15) is 5.56 Å². The summed E-state index contributed by atoms with van der Waals surface area (Å²) in [6.45, 7) is 4.22. The number of hydrogen-bond acceptors (Lipinski definition) is 1. The molecule has 0 aromatic heterocycles. The van der Waals surface area contributed by atoms with Crippen LogP contribution in [-0.4, -0.2) is 20.1 Å². The molecule has 1 aromatic carbocycles. The standard InChI is InChI=1S/C11H11F2O.BF3.K/c1-2-11(12,13)9-14-8-10-6-4-3-5-7-10;2-1(3)4;/h1-7H,8-9H2;;/q-1;;+1. The second-order valence-corrected chi connectivity index (χ2v) is 3.15. The van der Waals surface area contributed by atoms with E-state index in [0.29, 0.717) is 6.08 Å². The van der Waals surface area contributed by atoms with Gasteiger partial charge in [0, 0.05) is 0 Å². The first kappa shape index (κ1) is 21.6. The van der Waals surface area contributed by atoms with Crippen molar-refractivity contribution in [1.82, 2.24) is 0 Å². The van der Waals surface area contributed by atoms with E-state index < -0.39 is 20.1 Å². The van der Waals surface area contributed by atoms with Gasteiger partial charge in [0.25, 0.3) is 5.92 Å². The van der Waals surface area contributed by atoms with E-state index in [2.05, 4.69) is 0 Å². The smallest absolute Gasteiger partial charge is 0.512 e. The Morgan fingerprint density at radius 3 is 2.05 bits per heavy atom. The molecule has 0 aliphatic carbocycles. The van der Waals surface area contributed by atoms with Gasteiger partial charge in [-0.15, -0.1) is 0 Å². The van der Waals surface area contributed by atoms with Crippen molar-refractivity contribution in [3.63, 3.8) is 0 Å². The number of halogens is 5. The molecule has 1 rings (SSSR count). The average molecular weight is 304 g/mol. The largest absolute Gasteiger partial charge is 1.00 e. The topological polar surface area (TPSA) is 9.23 Å². The Morgan fingerprint density at radius 2 is 1.63 bits per heavy atom. The van der Waals surface area contributed by atoms with Gasteiger partial charge in [-0.2, -0.15) is 0 Å². The van der Waals surface area contributed by atoms with Crippen LogP contribution in [-0.2, 0) is 11.3 Å². The minimum atomic E-state index is -3.67. The Balaban J connectivity index is 0. The first-order valence-electron chi connectivity index (χ1n) is 4.85. The van der Waals surface area contributed by atoms with E-state index in [4.69, 9.17) is 11.3 Å². The van der Waals surface area contributed by atoms with Gasteiger partial charge in [-0.3, -0.25) is 12.9 Å². The molecule has 0 bridgehead atoms. The number of ether oxygens (including phenoxy) is 1. The molecule has 0 saturated carbocycles. The second-order valence-electron chi connectivity index (χ2n) is 3.15. The molecule has 1 aromatic rings. The molecule has 0 fully saturated rings. The molecule has 0 atom stereocenters. The van der Waals surface area contributed by atoms with Crippen molar-refractivity contribution in [3.8, 4) is 0 Å². The Morgan fingerprint density at radius 1 is 1.16 bits per heavy atom. The summed E-state index contributed by atoms with van der Waals surface area (Å²) in [7, 11) is -3.67. The van der Waals surface area contributed by atoms with E-state index in [0.717, 1.165) is 5.56 Å². The van der Waals surface area contributed by atoms with Crippen LogP contribution in [0.15, 0.2) is 36.4 Å². The molecule has 0 saturated heterocycles. The maximum absolute atomic E-state index is 12.6. The maximum atomic E-state index is 12.6. The van der Waals surface area contributed by atoms with E-state index in [1.165, 1.54) is 0 Å². The van der Waals surface area contributed by atoms with E-state index in [1.54, 1.807) is 0 Å². The summed E-state index contributed by atoms with van der Waals surface area (Å²) in [4.78, 5) is 0. The Hall–Kier alpha value is 0.271. The fourth-order valence-electron chi connectivity index (χ4n) is 0.927. The van der Waals surface area contributed by atoms with Crippen molar-refractivity contribution in [3.05, 3.63) is 48.6 Å². The van der Waals surface area contributed by atoms with E-state index in [-0.39, 0.29) is 58.0 Å². The first-order chi connectivity index (χ1) is 8.37. The van der Waals surface area contributed by atoms with Crippen LogP contribution in [0.4, 0.5) is 21.7 Å². The van der Waals surface area contributed by atoms with Gasteiger partial charge in [-0.1, -0.05) is 30.3 Å². The summed E-state index contributed by atoms with van der Waals surface area (Å²) in [6.07, 6.45) is 0.345. The molecule has 0 heterocycles. The molecular weight excluding hydrogens is 293 g/mol. The second kappa shape index (κ2) is 12.0. The number of benzene rings is 1. The monoisotopic (exact) mass is 304 g/mol. The Kier molecular flexibility index (Phi) is 13.7. The number of rotatable bonds is 5. The van der Waals surface area contributed by atoms with Crippen LogP contribution < -0.4 is 51.4 Å². The molecule has 100 valence electrons. The van der Waals surface area contributed by atoms with Crippen LogP contribution in [0.25, 0.3) is 0 Å². The van der Waals surface area contributed by atoms with E-state index in [1.807, 2.05) is 30.3 Å².